The average Bonchev–Trinajstić information content (AvgIpc) is 2.62. The second-order valence-corrected chi connectivity index (χ2v) is 8.27. The first kappa shape index (κ1) is 22.2. The van der Waals surface area contributed by atoms with E-state index in [1.807, 2.05) is 44.2 Å². The van der Waals surface area contributed by atoms with Crippen LogP contribution in [0.15, 0.2) is 46.9 Å². The quantitative estimate of drug-likeness (QED) is 0.537. The fourth-order valence-electron chi connectivity index (χ4n) is 2.27. The van der Waals surface area contributed by atoms with Crippen LogP contribution < -0.4 is 20.1 Å². The van der Waals surface area contributed by atoms with Crippen LogP contribution in [-0.4, -0.2) is 23.7 Å². The third-order valence-electron chi connectivity index (χ3n) is 3.47. The summed E-state index contributed by atoms with van der Waals surface area (Å²) < 4.78 is 12.2. The highest BCUT2D eigenvalue weighted by Gasteiger charge is 2.16. The molecular formula is C21H25BrN2O3S. The zero-order valence-electron chi connectivity index (χ0n) is 16.4. The summed E-state index contributed by atoms with van der Waals surface area (Å²) in [7, 11) is 0. The van der Waals surface area contributed by atoms with Gasteiger partial charge in [-0.25, -0.2) is 0 Å². The Kier molecular flexibility index (Phi) is 8.26. The number of ether oxygens (including phenoxy) is 2. The average molecular weight is 465 g/mol. The number of nitrogens with one attached hydrogen (secondary N) is 2. The first-order valence-electron chi connectivity index (χ1n) is 9.06. The van der Waals surface area contributed by atoms with Crippen molar-refractivity contribution in [2.75, 3.05) is 11.9 Å². The third-order valence-corrected chi connectivity index (χ3v) is 4.17. The fraction of sp³-hybridized carbons (Fsp3) is 0.333. The smallest absolute Gasteiger partial charge is 0.261 e. The Labute approximate surface area is 179 Å². The molecule has 0 aliphatic rings. The van der Waals surface area contributed by atoms with Crippen LogP contribution in [0.5, 0.6) is 11.5 Å². The normalized spacial score (nSPS) is 10.7. The molecule has 0 saturated heterocycles. The molecule has 2 aromatic carbocycles. The van der Waals surface area contributed by atoms with Gasteiger partial charge in [-0.2, -0.15) is 0 Å². The molecule has 1 amide bonds. The van der Waals surface area contributed by atoms with Crippen LogP contribution in [0, 0.1) is 5.92 Å². The van der Waals surface area contributed by atoms with Crippen molar-refractivity contribution >= 4 is 44.9 Å². The number of hydrogen-bond donors (Lipinski definition) is 2. The van der Waals surface area contributed by atoms with Gasteiger partial charge in [0.1, 0.15) is 11.5 Å². The van der Waals surface area contributed by atoms with E-state index in [9.17, 15) is 4.79 Å². The number of carbonyl (C=O) groups is 1. The Bertz CT molecular complexity index is 823. The minimum absolute atomic E-state index is 0.0470. The minimum Gasteiger partial charge on any atom is -0.493 e. The fourth-order valence-corrected chi connectivity index (χ4v) is 2.84. The molecule has 7 heteroatoms. The van der Waals surface area contributed by atoms with Gasteiger partial charge in [0.15, 0.2) is 5.11 Å². The van der Waals surface area contributed by atoms with Crippen molar-refractivity contribution in [3.05, 3.63) is 52.5 Å². The van der Waals surface area contributed by atoms with Crippen LogP contribution in [0.1, 0.15) is 38.1 Å². The molecular weight excluding hydrogens is 440 g/mol. The zero-order valence-corrected chi connectivity index (χ0v) is 18.8. The molecule has 28 heavy (non-hydrogen) atoms. The largest absolute Gasteiger partial charge is 0.493 e. The van der Waals surface area contributed by atoms with E-state index in [2.05, 4.69) is 40.4 Å². The molecule has 5 nitrogen and oxygen atoms in total. The van der Waals surface area contributed by atoms with Gasteiger partial charge in [-0.3, -0.25) is 10.1 Å². The minimum atomic E-state index is -0.341. The Hall–Kier alpha value is -2.12. The summed E-state index contributed by atoms with van der Waals surface area (Å²) in [5, 5.41) is 5.90. The standard InChI is InChI=1S/C21H25BrN2O3S/c1-13(2)12-26-17-8-6-16(7-9-17)23-21(28)24-20(25)18-11-15(22)5-10-19(18)27-14(3)4/h5-11,13-14H,12H2,1-4H3,(H2,23,24,25,28). The number of amides is 1. The lowest BCUT2D eigenvalue weighted by molar-refractivity contribution is 0.0972. The first-order chi connectivity index (χ1) is 13.2. The molecule has 2 N–H and O–H groups in total. The topological polar surface area (TPSA) is 59.6 Å². The van der Waals surface area contributed by atoms with Crippen molar-refractivity contribution in [3.8, 4) is 11.5 Å². The number of rotatable bonds is 7. The van der Waals surface area contributed by atoms with Crippen LogP contribution in [0.25, 0.3) is 0 Å². The van der Waals surface area contributed by atoms with Crippen LogP contribution >= 0.6 is 28.1 Å². The third kappa shape index (κ3) is 7.13. The summed E-state index contributed by atoms with van der Waals surface area (Å²) in [5.41, 5.74) is 1.17. The highest BCUT2D eigenvalue weighted by Crippen LogP contribution is 2.24. The Morgan fingerprint density at radius 2 is 1.79 bits per heavy atom. The van der Waals surface area contributed by atoms with Crippen molar-refractivity contribution in [1.29, 1.82) is 0 Å². The molecule has 0 atom stereocenters. The van der Waals surface area contributed by atoms with E-state index in [0.717, 1.165) is 15.9 Å². The second kappa shape index (κ2) is 10.4. The van der Waals surface area contributed by atoms with Crippen LogP contribution in [-0.2, 0) is 0 Å². The van der Waals surface area contributed by atoms with Gasteiger partial charge in [0.25, 0.3) is 5.91 Å². The SMILES string of the molecule is CC(C)COc1ccc(NC(=S)NC(=O)c2cc(Br)ccc2OC(C)C)cc1. The van der Waals surface area contributed by atoms with Gasteiger partial charge in [0, 0.05) is 10.2 Å². The molecule has 0 saturated carbocycles. The van der Waals surface area contributed by atoms with Gasteiger partial charge in [-0.15, -0.1) is 0 Å². The molecule has 0 aliphatic heterocycles. The molecule has 0 radical (unpaired) electrons. The summed E-state index contributed by atoms with van der Waals surface area (Å²) in [6.45, 7) is 8.67. The molecule has 0 spiro atoms. The Balaban J connectivity index is 1.99. The maximum atomic E-state index is 12.6. The lowest BCUT2D eigenvalue weighted by Crippen LogP contribution is -2.34. The van der Waals surface area contributed by atoms with Crippen molar-refractivity contribution in [3.63, 3.8) is 0 Å². The summed E-state index contributed by atoms with van der Waals surface area (Å²) in [6.07, 6.45) is -0.0470. The van der Waals surface area contributed by atoms with Crippen LogP contribution in [0.3, 0.4) is 0 Å². The van der Waals surface area contributed by atoms with E-state index in [1.54, 1.807) is 12.1 Å². The molecule has 0 aromatic heterocycles. The lowest BCUT2D eigenvalue weighted by atomic mass is 10.2. The maximum absolute atomic E-state index is 12.6. The highest BCUT2D eigenvalue weighted by atomic mass is 79.9. The number of halogens is 1. The van der Waals surface area contributed by atoms with Crippen molar-refractivity contribution in [1.82, 2.24) is 5.32 Å². The van der Waals surface area contributed by atoms with Crippen LogP contribution in [0.4, 0.5) is 5.69 Å². The molecule has 2 rings (SSSR count). The lowest BCUT2D eigenvalue weighted by Gasteiger charge is -2.15. The Morgan fingerprint density at radius 1 is 1.11 bits per heavy atom. The van der Waals surface area contributed by atoms with E-state index < -0.39 is 0 Å². The van der Waals surface area contributed by atoms with Gasteiger partial charge < -0.3 is 14.8 Å². The number of thiocarbonyl (C=S) groups is 1. The van der Waals surface area contributed by atoms with E-state index in [0.29, 0.717) is 23.8 Å². The summed E-state index contributed by atoms with van der Waals surface area (Å²) >= 11 is 8.65. The highest BCUT2D eigenvalue weighted by molar-refractivity contribution is 9.10. The van der Waals surface area contributed by atoms with Gasteiger partial charge >= 0.3 is 0 Å². The first-order valence-corrected chi connectivity index (χ1v) is 10.3. The van der Waals surface area contributed by atoms with Crippen molar-refractivity contribution < 1.29 is 14.3 Å². The molecule has 0 fully saturated rings. The summed E-state index contributed by atoms with van der Waals surface area (Å²) in [5.74, 6) is 1.42. The number of anilines is 1. The van der Waals surface area contributed by atoms with Gasteiger partial charge in [0.05, 0.1) is 18.3 Å². The predicted molar refractivity (Wildman–Crippen MR) is 120 cm³/mol. The number of hydrogen-bond acceptors (Lipinski definition) is 4. The Morgan fingerprint density at radius 3 is 2.39 bits per heavy atom. The molecule has 150 valence electrons. The second-order valence-electron chi connectivity index (χ2n) is 6.94. The molecule has 2 aromatic rings. The van der Waals surface area contributed by atoms with Gasteiger partial charge in [-0.1, -0.05) is 29.8 Å². The maximum Gasteiger partial charge on any atom is 0.261 e. The van der Waals surface area contributed by atoms with Gasteiger partial charge in [0.2, 0.25) is 0 Å². The number of carbonyl (C=O) groups excluding carboxylic acids is 1. The molecule has 0 unspecified atom stereocenters. The molecule has 0 heterocycles. The van der Waals surface area contributed by atoms with Crippen molar-refractivity contribution in [2.45, 2.75) is 33.8 Å². The van der Waals surface area contributed by atoms with Gasteiger partial charge in [-0.05, 0) is 74.4 Å². The summed E-state index contributed by atoms with van der Waals surface area (Å²) in [6, 6.07) is 12.7. The zero-order chi connectivity index (χ0) is 20.7. The predicted octanol–water partition coefficient (Wildman–Crippen LogP) is 5.40. The monoisotopic (exact) mass is 464 g/mol. The molecule has 0 bridgehead atoms. The van der Waals surface area contributed by atoms with E-state index in [4.69, 9.17) is 21.7 Å². The van der Waals surface area contributed by atoms with E-state index in [1.165, 1.54) is 0 Å². The van der Waals surface area contributed by atoms with E-state index >= 15 is 0 Å². The molecule has 0 aliphatic carbocycles. The van der Waals surface area contributed by atoms with Crippen molar-refractivity contribution in [2.24, 2.45) is 5.92 Å². The van der Waals surface area contributed by atoms with E-state index in [-0.39, 0.29) is 17.1 Å². The van der Waals surface area contributed by atoms with Crippen LogP contribution in [0.2, 0.25) is 0 Å². The summed E-state index contributed by atoms with van der Waals surface area (Å²) in [4.78, 5) is 12.6. The number of benzene rings is 2.